The van der Waals surface area contributed by atoms with Crippen LogP contribution in [0.4, 0.5) is 0 Å². The number of nitrogens with one attached hydrogen (secondary N) is 2. The minimum atomic E-state index is 0. The highest BCUT2D eigenvalue weighted by Crippen LogP contribution is 2.18. The summed E-state index contributed by atoms with van der Waals surface area (Å²) in [5.41, 5.74) is 3.01. The van der Waals surface area contributed by atoms with Crippen LogP contribution in [0.3, 0.4) is 0 Å². The van der Waals surface area contributed by atoms with Gasteiger partial charge in [-0.3, -0.25) is 14.8 Å². The minimum absolute atomic E-state index is 0. The first kappa shape index (κ1) is 25.4. The Labute approximate surface area is 199 Å². The van der Waals surface area contributed by atoms with Crippen LogP contribution >= 0.6 is 24.0 Å². The van der Waals surface area contributed by atoms with Gasteiger partial charge in [0, 0.05) is 59.4 Å². The van der Waals surface area contributed by atoms with Crippen LogP contribution in [0.15, 0.2) is 29.3 Å². The van der Waals surface area contributed by atoms with E-state index in [9.17, 15) is 0 Å². The molecule has 2 aliphatic heterocycles. The normalized spacial score (nSPS) is 20.5. The Kier molecular flexibility index (Phi) is 11.4. The highest BCUT2D eigenvalue weighted by Gasteiger charge is 2.21. The highest BCUT2D eigenvalue weighted by atomic mass is 127. The maximum absolute atomic E-state index is 5.92. The number of fused-ring (bicyclic) bond motifs is 1. The molecule has 1 fully saturated rings. The van der Waals surface area contributed by atoms with Crippen LogP contribution in [0.1, 0.15) is 31.4 Å². The van der Waals surface area contributed by atoms with Gasteiger partial charge < -0.3 is 15.4 Å². The van der Waals surface area contributed by atoms with E-state index < -0.39 is 0 Å². The third-order valence-corrected chi connectivity index (χ3v) is 5.72. The molecule has 0 bridgehead atoms. The van der Waals surface area contributed by atoms with Crippen LogP contribution in [-0.4, -0.2) is 81.3 Å². The van der Waals surface area contributed by atoms with Crippen LogP contribution < -0.4 is 10.6 Å². The van der Waals surface area contributed by atoms with E-state index in [-0.39, 0.29) is 30.1 Å². The summed E-state index contributed by atoms with van der Waals surface area (Å²) in [4.78, 5) is 9.43. The van der Waals surface area contributed by atoms with Crippen molar-refractivity contribution in [2.45, 2.75) is 39.3 Å². The van der Waals surface area contributed by atoms with Gasteiger partial charge in [0.1, 0.15) is 0 Å². The van der Waals surface area contributed by atoms with Crippen LogP contribution in [0.2, 0.25) is 0 Å². The summed E-state index contributed by atoms with van der Waals surface area (Å²) < 4.78 is 5.92. The monoisotopic (exact) mass is 529 g/mol. The van der Waals surface area contributed by atoms with E-state index in [2.05, 4.69) is 63.5 Å². The molecule has 1 aromatic carbocycles. The zero-order valence-corrected chi connectivity index (χ0v) is 21.2. The fourth-order valence-electron chi connectivity index (χ4n) is 4.27. The molecule has 3 rings (SSSR count). The summed E-state index contributed by atoms with van der Waals surface area (Å²) in [6.45, 7) is 13.7. The van der Waals surface area contributed by atoms with E-state index in [0.717, 1.165) is 71.3 Å². The number of morpholine rings is 1. The molecule has 1 atom stereocenters. The van der Waals surface area contributed by atoms with Gasteiger partial charge in [0.15, 0.2) is 5.96 Å². The quantitative estimate of drug-likeness (QED) is 0.235. The van der Waals surface area contributed by atoms with Crippen molar-refractivity contribution in [2.24, 2.45) is 10.9 Å². The molecule has 6 nitrogen and oxygen atoms in total. The maximum Gasteiger partial charge on any atom is 0.191 e. The predicted molar refractivity (Wildman–Crippen MR) is 136 cm³/mol. The lowest BCUT2D eigenvalue weighted by molar-refractivity contribution is -0.0284. The molecule has 0 saturated carbocycles. The lowest BCUT2D eigenvalue weighted by atomic mass is 10.00. The minimum Gasteiger partial charge on any atom is -0.374 e. The Balaban J connectivity index is 0.00000320. The summed E-state index contributed by atoms with van der Waals surface area (Å²) in [6.07, 6.45) is 2.52. The number of hydrogen-bond acceptors (Lipinski definition) is 4. The van der Waals surface area contributed by atoms with Gasteiger partial charge in [-0.1, -0.05) is 38.1 Å². The van der Waals surface area contributed by atoms with Crippen molar-refractivity contribution < 1.29 is 4.74 Å². The highest BCUT2D eigenvalue weighted by molar-refractivity contribution is 14.0. The lowest BCUT2D eigenvalue weighted by Gasteiger charge is -2.34. The molecule has 2 heterocycles. The lowest BCUT2D eigenvalue weighted by Crippen LogP contribution is -2.50. The molecule has 0 aromatic heterocycles. The van der Waals surface area contributed by atoms with Gasteiger partial charge >= 0.3 is 0 Å². The van der Waals surface area contributed by atoms with E-state index in [4.69, 9.17) is 4.74 Å². The number of aliphatic imine (C=N–C) groups is 1. The number of ether oxygens (including phenoxy) is 1. The maximum atomic E-state index is 5.92. The molecule has 1 aromatic rings. The zero-order chi connectivity index (χ0) is 20.5. The number of benzene rings is 1. The standard InChI is InChI=1S/C23H39N5O.HI/c1-19(2)16-28-13-14-29-22(18-28)15-26-23(24-3)25-10-6-11-27-12-9-20-7-4-5-8-21(20)17-27;/h4-5,7-8,19,22H,6,9-18H2,1-3H3,(H2,24,25,26);1H. The number of guanidine groups is 1. The first-order chi connectivity index (χ1) is 14.1. The average Bonchev–Trinajstić information content (AvgIpc) is 2.73. The predicted octanol–water partition coefficient (Wildman–Crippen LogP) is 2.57. The second kappa shape index (κ2) is 13.5. The van der Waals surface area contributed by atoms with Gasteiger partial charge in [0.2, 0.25) is 0 Å². The molecule has 0 spiro atoms. The summed E-state index contributed by atoms with van der Waals surface area (Å²) in [5.74, 6) is 1.57. The second-order valence-corrected chi connectivity index (χ2v) is 8.67. The number of halogens is 1. The van der Waals surface area contributed by atoms with Crippen molar-refractivity contribution in [2.75, 3.05) is 59.5 Å². The Morgan fingerprint density at radius 3 is 2.73 bits per heavy atom. The fourth-order valence-corrected chi connectivity index (χ4v) is 4.27. The van der Waals surface area contributed by atoms with E-state index in [1.54, 1.807) is 0 Å². The Bertz CT molecular complexity index is 654. The van der Waals surface area contributed by atoms with Crippen LogP contribution in [-0.2, 0) is 17.7 Å². The largest absolute Gasteiger partial charge is 0.374 e. The molecule has 0 aliphatic carbocycles. The third kappa shape index (κ3) is 8.32. The van der Waals surface area contributed by atoms with E-state index in [1.165, 1.54) is 17.5 Å². The van der Waals surface area contributed by atoms with Crippen LogP contribution in [0, 0.1) is 5.92 Å². The van der Waals surface area contributed by atoms with Crippen molar-refractivity contribution in [1.29, 1.82) is 0 Å². The van der Waals surface area contributed by atoms with Gasteiger partial charge in [-0.25, -0.2) is 0 Å². The summed E-state index contributed by atoms with van der Waals surface area (Å²) >= 11 is 0. The van der Waals surface area contributed by atoms with Gasteiger partial charge in [0.25, 0.3) is 0 Å². The first-order valence-corrected chi connectivity index (χ1v) is 11.2. The zero-order valence-electron chi connectivity index (χ0n) is 18.9. The summed E-state index contributed by atoms with van der Waals surface area (Å²) in [5, 5.41) is 6.89. The van der Waals surface area contributed by atoms with Crippen molar-refractivity contribution >= 4 is 29.9 Å². The van der Waals surface area contributed by atoms with Crippen LogP contribution in [0.25, 0.3) is 0 Å². The van der Waals surface area contributed by atoms with Crippen molar-refractivity contribution in [3.63, 3.8) is 0 Å². The topological polar surface area (TPSA) is 52.1 Å². The van der Waals surface area contributed by atoms with E-state index >= 15 is 0 Å². The van der Waals surface area contributed by atoms with Crippen molar-refractivity contribution in [1.82, 2.24) is 20.4 Å². The molecular weight excluding hydrogens is 489 g/mol. The Hall–Kier alpha value is -0.900. The average molecular weight is 530 g/mol. The van der Waals surface area contributed by atoms with Crippen molar-refractivity contribution in [3.8, 4) is 0 Å². The molecule has 7 heteroatoms. The molecule has 2 N–H and O–H groups in total. The van der Waals surface area contributed by atoms with Gasteiger partial charge in [-0.05, 0) is 29.9 Å². The van der Waals surface area contributed by atoms with Crippen molar-refractivity contribution in [3.05, 3.63) is 35.4 Å². The molecule has 1 unspecified atom stereocenters. The molecule has 0 radical (unpaired) electrons. The molecule has 0 amide bonds. The van der Waals surface area contributed by atoms with Gasteiger partial charge in [-0.2, -0.15) is 0 Å². The second-order valence-electron chi connectivity index (χ2n) is 8.67. The Morgan fingerprint density at radius 2 is 1.97 bits per heavy atom. The third-order valence-electron chi connectivity index (χ3n) is 5.72. The smallest absolute Gasteiger partial charge is 0.191 e. The Morgan fingerprint density at radius 1 is 1.17 bits per heavy atom. The summed E-state index contributed by atoms with van der Waals surface area (Å²) in [7, 11) is 1.84. The number of rotatable bonds is 8. The number of hydrogen-bond donors (Lipinski definition) is 2. The van der Waals surface area contributed by atoms with E-state index in [1.807, 2.05) is 7.05 Å². The number of nitrogens with zero attached hydrogens (tertiary/aromatic N) is 3. The van der Waals surface area contributed by atoms with Crippen LogP contribution in [0.5, 0.6) is 0 Å². The molecule has 170 valence electrons. The van der Waals surface area contributed by atoms with Gasteiger partial charge in [0.05, 0.1) is 12.7 Å². The van der Waals surface area contributed by atoms with Gasteiger partial charge in [-0.15, -0.1) is 24.0 Å². The molecule has 2 aliphatic rings. The first-order valence-electron chi connectivity index (χ1n) is 11.2. The molecule has 1 saturated heterocycles. The van der Waals surface area contributed by atoms with E-state index in [0.29, 0.717) is 5.92 Å². The summed E-state index contributed by atoms with van der Waals surface area (Å²) in [6, 6.07) is 8.83. The molecule has 30 heavy (non-hydrogen) atoms. The fraction of sp³-hybridized carbons (Fsp3) is 0.696. The SMILES string of the molecule is CN=C(NCCCN1CCc2ccccc2C1)NCC1CN(CC(C)C)CCO1.I. The molecular formula is C23H40IN5O.